The first-order valence-electron chi connectivity index (χ1n) is 3.09. The van der Waals surface area contributed by atoms with Crippen LogP contribution in [0.3, 0.4) is 0 Å². The van der Waals surface area contributed by atoms with E-state index in [0.29, 0.717) is 0 Å². The molecule has 2 nitrogen and oxygen atoms in total. The third-order valence-corrected chi connectivity index (χ3v) is 1.31. The summed E-state index contributed by atoms with van der Waals surface area (Å²) in [6, 6.07) is 9.39. The lowest BCUT2D eigenvalue weighted by Crippen LogP contribution is -2.42. The topological polar surface area (TPSA) is 52.0 Å². The van der Waals surface area contributed by atoms with Crippen LogP contribution in [0.15, 0.2) is 30.3 Å². The highest BCUT2D eigenvalue weighted by Gasteiger charge is 2.12. The molecule has 1 radical (unpaired) electrons. The normalized spacial score (nSPS) is 11.5. The molecule has 0 unspecified atom stereocenters. The van der Waals surface area contributed by atoms with Crippen LogP contribution in [0.2, 0.25) is 0 Å². The number of benzene rings is 1. The standard InChI is InChI=1S/C8H11N2/c1-8(9,10)7-5-3-2-4-6-7/h2-6H,1,9-10H2. The van der Waals surface area contributed by atoms with Crippen molar-refractivity contribution >= 4 is 0 Å². The molecule has 0 amide bonds. The first-order chi connectivity index (χ1) is 4.61. The molecule has 1 aromatic rings. The molecule has 0 saturated carbocycles. The molecule has 0 saturated heterocycles. The molecule has 0 aliphatic heterocycles. The van der Waals surface area contributed by atoms with Crippen molar-refractivity contribution in [3.63, 3.8) is 0 Å². The maximum absolute atomic E-state index is 5.52. The van der Waals surface area contributed by atoms with Crippen molar-refractivity contribution in [2.45, 2.75) is 5.66 Å². The molecule has 0 atom stereocenters. The van der Waals surface area contributed by atoms with Gasteiger partial charge >= 0.3 is 0 Å². The predicted molar refractivity (Wildman–Crippen MR) is 41.9 cm³/mol. The summed E-state index contributed by atoms with van der Waals surface area (Å²) in [6.45, 7) is 3.60. The number of rotatable bonds is 1. The third kappa shape index (κ3) is 1.56. The predicted octanol–water partition coefficient (Wildman–Crippen LogP) is 0.591. The van der Waals surface area contributed by atoms with Crippen LogP contribution < -0.4 is 11.5 Å². The van der Waals surface area contributed by atoms with Gasteiger partial charge in [0.15, 0.2) is 0 Å². The van der Waals surface area contributed by atoms with Gasteiger partial charge in [0.05, 0.1) is 5.66 Å². The van der Waals surface area contributed by atoms with Crippen LogP contribution in [0.1, 0.15) is 5.56 Å². The van der Waals surface area contributed by atoms with Crippen molar-refractivity contribution in [2.75, 3.05) is 0 Å². The van der Waals surface area contributed by atoms with Crippen LogP contribution >= 0.6 is 0 Å². The Morgan fingerprint density at radius 3 is 1.90 bits per heavy atom. The average molecular weight is 135 g/mol. The van der Waals surface area contributed by atoms with Gasteiger partial charge in [-0.25, -0.2) is 0 Å². The quantitative estimate of drug-likeness (QED) is 0.554. The Balaban J connectivity index is 2.97. The summed E-state index contributed by atoms with van der Waals surface area (Å²) in [5, 5.41) is 0. The SMILES string of the molecule is [CH2]C(N)(N)c1ccccc1. The summed E-state index contributed by atoms with van der Waals surface area (Å²) < 4.78 is 0. The van der Waals surface area contributed by atoms with E-state index in [9.17, 15) is 0 Å². The molecule has 0 aliphatic carbocycles. The van der Waals surface area contributed by atoms with Gasteiger partial charge < -0.3 is 11.5 Å². The lowest BCUT2D eigenvalue weighted by molar-refractivity contribution is 0.588. The van der Waals surface area contributed by atoms with Crippen molar-refractivity contribution in [3.8, 4) is 0 Å². The second-order valence-electron chi connectivity index (χ2n) is 2.41. The lowest BCUT2D eigenvalue weighted by Gasteiger charge is -2.18. The summed E-state index contributed by atoms with van der Waals surface area (Å²) in [4.78, 5) is 0. The molecule has 53 valence electrons. The van der Waals surface area contributed by atoms with Crippen LogP contribution in [0.5, 0.6) is 0 Å². The van der Waals surface area contributed by atoms with Crippen molar-refractivity contribution in [3.05, 3.63) is 42.8 Å². The van der Waals surface area contributed by atoms with E-state index < -0.39 is 5.66 Å². The molecular formula is C8H11N2. The lowest BCUT2D eigenvalue weighted by atomic mass is 10.0. The summed E-state index contributed by atoms with van der Waals surface area (Å²) in [5.41, 5.74) is 10.9. The minimum atomic E-state index is -0.957. The highest BCUT2D eigenvalue weighted by molar-refractivity contribution is 5.23. The fraction of sp³-hybridized carbons (Fsp3) is 0.125. The Morgan fingerprint density at radius 2 is 1.60 bits per heavy atom. The van der Waals surface area contributed by atoms with E-state index >= 15 is 0 Å². The second kappa shape index (κ2) is 2.40. The maximum atomic E-state index is 5.52. The highest BCUT2D eigenvalue weighted by atomic mass is 14.9. The minimum Gasteiger partial charge on any atom is -0.310 e. The van der Waals surface area contributed by atoms with Gasteiger partial charge in [0.2, 0.25) is 0 Å². The molecule has 0 fully saturated rings. The first kappa shape index (κ1) is 7.25. The number of nitrogens with two attached hydrogens (primary N) is 2. The fourth-order valence-electron chi connectivity index (χ4n) is 0.748. The number of hydrogen-bond donors (Lipinski definition) is 2. The third-order valence-electron chi connectivity index (χ3n) is 1.31. The Morgan fingerprint density at radius 1 is 1.10 bits per heavy atom. The summed E-state index contributed by atoms with van der Waals surface area (Å²) in [7, 11) is 0. The summed E-state index contributed by atoms with van der Waals surface area (Å²) in [6.07, 6.45) is 0. The molecule has 0 aromatic heterocycles. The molecular weight excluding hydrogens is 124 g/mol. The average Bonchev–Trinajstić information content (AvgIpc) is 1.88. The van der Waals surface area contributed by atoms with E-state index in [-0.39, 0.29) is 0 Å². The van der Waals surface area contributed by atoms with Gasteiger partial charge in [-0.1, -0.05) is 30.3 Å². The van der Waals surface area contributed by atoms with Gasteiger partial charge in [-0.3, -0.25) is 0 Å². The molecule has 0 heterocycles. The summed E-state index contributed by atoms with van der Waals surface area (Å²) in [5.74, 6) is 0. The zero-order valence-electron chi connectivity index (χ0n) is 5.75. The smallest absolute Gasteiger partial charge is 0.0900 e. The maximum Gasteiger partial charge on any atom is 0.0900 e. The zero-order chi connectivity index (χ0) is 7.61. The molecule has 4 N–H and O–H groups in total. The van der Waals surface area contributed by atoms with Crippen LogP contribution in [0.25, 0.3) is 0 Å². The molecule has 10 heavy (non-hydrogen) atoms. The van der Waals surface area contributed by atoms with Gasteiger partial charge in [0, 0.05) is 0 Å². The molecule has 0 bridgehead atoms. The van der Waals surface area contributed by atoms with Crippen LogP contribution in [0, 0.1) is 6.92 Å². The zero-order valence-corrected chi connectivity index (χ0v) is 5.75. The molecule has 2 heteroatoms. The Kier molecular flexibility index (Phi) is 1.74. The molecule has 0 aliphatic rings. The van der Waals surface area contributed by atoms with Crippen LogP contribution in [0.4, 0.5) is 0 Å². The second-order valence-corrected chi connectivity index (χ2v) is 2.41. The fourth-order valence-corrected chi connectivity index (χ4v) is 0.748. The van der Waals surface area contributed by atoms with Crippen molar-refractivity contribution in [1.82, 2.24) is 0 Å². The Bertz CT molecular complexity index is 198. The van der Waals surface area contributed by atoms with E-state index in [2.05, 4.69) is 6.92 Å². The highest BCUT2D eigenvalue weighted by Crippen LogP contribution is 2.08. The van der Waals surface area contributed by atoms with E-state index in [4.69, 9.17) is 11.5 Å². The van der Waals surface area contributed by atoms with Crippen LogP contribution in [-0.4, -0.2) is 0 Å². The van der Waals surface area contributed by atoms with Crippen molar-refractivity contribution in [2.24, 2.45) is 11.5 Å². The number of hydrogen-bond acceptors (Lipinski definition) is 2. The minimum absolute atomic E-state index is 0.843. The summed E-state index contributed by atoms with van der Waals surface area (Å²) >= 11 is 0. The van der Waals surface area contributed by atoms with Gasteiger partial charge in [-0.05, 0) is 12.5 Å². The molecule has 1 aromatic carbocycles. The van der Waals surface area contributed by atoms with Crippen molar-refractivity contribution < 1.29 is 0 Å². The Labute approximate surface area is 60.8 Å². The van der Waals surface area contributed by atoms with Gasteiger partial charge in [0.25, 0.3) is 0 Å². The van der Waals surface area contributed by atoms with Gasteiger partial charge in [-0.15, -0.1) is 0 Å². The largest absolute Gasteiger partial charge is 0.310 e. The van der Waals surface area contributed by atoms with Crippen molar-refractivity contribution in [1.29, 1.82) is 0 Å². The first-order valence-corrected chi connectivity index (χ1v) is 3.09. The van der Waals surface area contributed by atoms with E-state index in [1.165, 1.54) is 0 Å². The monoisotopic (exact) mass is 135 g/mol. The van der Waals surface area contributed by atoms with E-state index in [0.717, 1.165) is 5.56 Å². The van der Waals surface area contributed by atoms with Gasteiger partial charge in [-0.2, -0.15) is 0 Å². The van der Waals surface area contributed by atoms with E-state index in [1.807, 2.05) is 30.3 Å². The molecule has 1 rings (SSSR count). The van der Waals surface area contributed by atoms with Crippen LogP contribution in [-0.2, 0) is 5.66 Å². The Hall–Kier alpha value is -0.860. The van der Waals surface area contributed by atoms with Gasteiger partial charge in [0.1, 0.15) is 0 Å². The van der Waals surface area contributed by atoms with E-state index in [1.54, 1.807) is 0 Å². The molecule has 0 spiro atoms.